The van der Waals surface area contributed by atoms with Gasteiger partial charge in [-0.05, 0) is 17.7 Å². The summed E-state index contributed by atoms with van der Waals surface area (Å²) in [6.45, 7) is 2.51. The third kappa shape index (κ3) is 3.70. The molecule has 1 unspecified atom stereocenters. The Hall–Kier alpha value is -1.55. The van der Waals surface area contributed by atoms with Crippen molar-refractivity contribution in [3.8, 4) is 0 Å². The molecule has 0 saturated carbocycles. The van der Waals surface area contributed by atoms with E-state index in [2.05, 4.69) is 21.2 Å². The molecule has 2 aromatic rings. The molecule has 0 fully saturated rings. The number of nitrogens with one attached hydrogen (secondary N) is 1. The van der Waals surface area contributed by atoms with Gasteiger partial charge < -0.3 is 9.73 Å². The molecule has 2 rings (SSSR count). The van der Waals surface area contributed by atoms with Gasteiger partial charge in [0.15, 0.2) is 5.76 Å². The summed E-state index contributed by atoms with van der Waals surface area (Å²) in [4.78, 5) is 12.0. The average Bonchev–Trinajstić information content (AvgIpc) is 2.94. The second-order valence-corrected chi connectivity index (χ2v) is 5.31. The summed E-state index contributed by atoms with van der Waals surface area (Å²) in [5, 5.41) is 2.86. The van der Waals surface area contributed by atoms with E-state index in [9.17, 15) is 4.79 Å². The van der Waals surface area contributed by atoms with Gasteiger partial charge in [0.1, 0.15) is 5.76 Å². The minimum Gasteiger partial charge on any atom is -0.456 e. The van der Waals surface area contributed by atoms with Crippen molar-refractivity contribution < 1.29 is 9.21 Å². The number of carbonyl (C=O) groups excluding carboxylic acids is 1. The van der Waals surface area contributed by atoms with Crippen LogP contribution in [0.25, 0.3) is 0 Å². The molecule has 0 bridgehead atoms. The molecular formula is C15H16BrNO2. The van der Waals surface area contributed by atoms with Crippen LogP contribution in [0, 0.1) is 0 Å². The number of amides is 1. The van der Waals surface area contributed by atoms with Crippen LogP contribution >= 0.6 is 15.9 Å². The summed E-state index contributed by atoms with van der Waals surface area (Å²) < 4.78 is 5.41. The molecule has 0 aliphatic rings. The van der Waals surface area contributed by atoms with Crippen molar-refractivity contribution in [1.82, 2.24) is 5.32 Å². The topological polar surface area (TPSA) is 42.2 Å². The lowest BCUT2D eigenvalue weighted by atomic mass is 10.1. The van der Waals surface area contributed by atoms with Crippen LogP contribution in [0.1, 0.15) is 33.6 Å². The molecular weight excluding hydrogens is 306 g/mol. The minimum absolute atomic E-state index is 0.0956. The van der Waals surface area contributed by atoms with Crippen LogP contribution in [-0.4, -0.2) is 12.5 Å². The highest BCUT2D eigenvalue weighted by Crippen LogP contribution is 2.21. The van der Waals surface area contributed by atoms with Gasteiger partial charge in [0.05, 0.1) is 4.83 Å². The zero-order chi connectivity index (χ0) is 13.7. The Bertz CT molecular complexity index is 536. The van der Waals surface area contributed by atoms with Crippen LogP contribution in [0.3, 0.4) is 0 Å². The van der Waals surface area contributed by atoms with E-state index in [0.29, 0.717) is 12.3 Å². The summed E-state index contributed by atoms with van der Waals surface area (Å²) in [5.41, 5.74) is 1.14. The molecule has 1 aromatic heterocycles. The van der Waals surface area contributed by atoms with Crippen molar-refractivity contribution in [3.05, 3.63) is 59.5 Å². The van der Waals surface area contributed by atoms with Gasteiger partial charge in [-0.2, -0.15) is 0 Å². The summed E-state index contributed by atoms with van der Waals surface area (Å²) in [6, 6.07) is 13.5. The zero-order valence-corrected chi connectivity index (χ0v) is 12.3. The molecule has 1 amide bonds. The van der Waals surface area contributed by atoms with Crippen LogP contribution in [0.4, 0.5) is 0 Å². The van der Waals surface area contributed by atoms with Gasteiger partial charge >= 0.3 is 0 Å². The maximum absolute atomic E-state index is 11.9. The monoisotopic (exact) mass is 321 g/mol. The molecule has 19 heavy (non-hydrogen) atoms. The number of rotatable bonds is 5. The van der Waals surface area contributed by atoms with E-state index in [-0.39, 0.29) is 10.7 Å². The highest BCUT2D eigenvalue weighted by molar-refractivity contribution is 9.09. The van der Waals surface area contributed by atoms with Gasteiger partial charge in [-0.25, -0.2) is 0 Å². The summed E-state index contributed by atoms with van der Waals surface area (Å²) in [5.74, 6) is 1.01. The molecule has 4 heteroatoms. The first kappa shape index (κ1) is 13.9. The van der Waals surface area contributed by atoms with Gasteiger partial charge in [0.25, 0.3) is 5.91 Å². The lowest BCUT2D eigenvalue weighted by Gasteiger charge is -2.10. The quantitative estimate of drug-likeness (QED) is 0.853. The Morgan fingerprint density at radius 3 is 2.63 bits per heavy atom. The fourth-order valence-corrected chi connectivity index (χ4v) is 2.21. The van der Waals surface area contributed by atoms with E-state index in [1.807, 2.05) is 43.3 Å². The van der Waals surface area contributed by atoms with Crippen LogP contribution in [0.15, 0.2) is 46.9 Å². The van der Waals surface area contributed by atoms with E-state index in [1.54, 1.807) is 6.07 Å². The molecule has 1 atom stereocenters. The Labute approximate surface area is 121 Å². The van der Waals surface area contributed by atoms with E-state index < -0.39 is 0 Å². The highest BCUT2D eigenvalue weighted by Gasteiger charge is 2.13. The number of benzene rings is 1. The smallest absolute Gasteiger partial charge is 0.287 e. The fraction of sp³-hybridized carbons (Fsp3) is 0.267. The predicted octanol–water partition coefficient (Wildman–Crippen LogP) is 3.71. The number of hydrogen-bond acceptors (Lipinski definition) is 2. The third-order valence-electron chi connectivity index (χ3n) is 2.84. The van der Waals surface area contributed by atoms with Crippen molar-refractivity contribution in [2.24, 2.45) is 0 Å². The van der Waals surface area contributed by atoms with Crippen molar-refractivity contribution in [1.29, 1.82) is 0 Å². The Morgan fingerprint density at radius 2 is 2.00 bits per heavy atom. The second-order valence-electron chi connectivity index (χ2n) is 4.21. The lowest BCUT2D eigenvalue weighted by molar-refractivity contribution is 0.0924. The number of aryl methyl sites for hydroxylation is 1. The molecule has 1 heterocycles. The van der Waals surface area contributed by atoms with Crippen LogP contribution < -0.4 is 5.32 Å². The van der Waals surface area contributed by atoms with Gasteiger partial charge in [0.2, 0.25) is 0 Å². The Morgan fingerprint density at radius 1 is 1.26 bits per heavy atom. The lowest BCUT2D eigenvalue weighted by Crippen LogP contribution is -2.26. The maximum Gasteiger partial charge on any atom is 0.287 e. The molecule has 100 valence electrons. The number of carbonyl (C=O) groups is 1. The van der Waals surface area contributed by atoms with Crippen molar-refractivity contribution in [2.45, 2.75) is 18.2 Å². The number of halogens is 1. The van der Waals surface area contributed by atoms with E-state index in [0.717, 1.165) is 17.7 Å². The van der Waals surface area contributed by atoms with Crippen LogP contribution in [-0.2, 0) is 6.42 Å². The molecule has 0 saturated heterocycles. The number of alkyl halides is 1. The first-order chi connectivity index (χ1) is 9.20. The Balaban J connectivity index is 1.90. The van der Waals surface area contributed by atoms with Crippen molar-refractivity contribution >= 4 is 21.8 Å². The van der Waals surface area contributed by atoms with Crippen molar-refractivity contribution in [3.63, 3.8) is 0 Å². The molecule has 1 aromatic carbocycles. The summed E-state index contributed by atoms with van der Waals surface area (Å²) in [6.07, 6.45) is 0.790. The molecule has 1 N–H and O–H groups in total. The maximum atomic E-state index is 11.9. The zero-order valence-electron chi connectivity index (χ0n) is 10.7. The van der Waals surface area contributed by atoms with Crippen molar-refractivity contribution in [2.75, 3.05) is 6.54 Å². The number of furan rings is 1. The van der Waals surface area contributed by atoms with E-state index in [1.165, 1.54) is 0 Å². The molecule has 0 aliphatic heterocycles. The second kappa shape index (κ2) is 6.57. The van der Waals surface area contributed by atoms with Gasteiger partial charge in [-0.15, -0.1) is 0 Å². The standard InChI is InChI=1S/C15H16BrNO2/c1-2-12-8-9-14(19-12)15(18)17-10-13(16)11-6-4-3-5-7-11/h3-9,13H,2,10H2,1H3,(H,17,18). The van der Waals surface area contributed by atoms with E-state index in [4.69, 9.17) is 4.42 Å². The third-order valence-corrected chi connectivity index (χ3v) is 3.69. The summed E-state index contributed by atoms with van der Waals surface area (Å²) >= 11 is 3.56. The fourth-order valence-electron chi connectivity index (χ4n) is 1.74. The predicted molar refractivity (Wildman–Crippen MR) is 78.5 cm³/mol. The molecule has 0 aliphatic carbocycles. The van der Waals surface area contributed by atoms with Gasteiger partial charge in [-0.1, -0.05) is 53.2 Å². The van der Waals surface area contributed by atoms with Crippen LogP contribution in [0.2, 0.25) is 0 Å². The van der Waals surface area contributed by atoms with Crippen LogP contribution in [0.5, 0.6) is 0 Å². The highest BCUT2D eigenvalue weighted by atomic mass is 79.9. The normalized spacial score (nSPS) is 12.1. The molecule has 3 nitrogen and oxygen atoms in total. The number of hydrogen-bond donors (Lipinski definition) is 1. The molecule has 0 radical (unpaired) electrons. The first-order valence-electron chi connectivity index (χ1n) is 6.26. The first-order valence-corrected chi connectivity index (χ1v) is 7.18. The Kier molecular flexibility index (Phi) is 4.80. The van der Waals surface area contributed by atoms with Gasteiger partial charge in [-0.3, -0.25) is 4.79 Å². The minimum atomic E-state index is -0.180. The molecule has 0 spiro atoms. The summed E-state index contributed by atoms with van der Waals surface area (Å²) in [7, 11) is 0. The average molecular weight is 322 g/mol. The van der Waals surface area contributed by atoms with Gasteiger partial charge in [0, 0.05) is 13.0 Å². The van der Waals surface area contributed by atoms with E-state index >= 15 is 0 Å². The SMILES string of the molecule is CCc1ccc(C(=O)NCC(Br)c2ccccc2)o1. The largest absolute Gasteiger partial charge is 0.456 e.